The average molecular weight is 259 g/mol. The number of methoxy groups -OCH3 is 1. The number of nitrogens with zero attached hydrogens (tertiary/aromatic N) is 2. The van der Waals surface area contributed by atoms with E-state index in [2.05, 4.69) is 15.5 Å². The second kappa shape index (κ2) is 5.40. The first-order valence-electron chi connectivity index (χ1n) is 6.54. The van der Waals surface area contributed by atoms with E-state index in [0.29, 0.717) is 12.3 Å². The third-order valence-electron chi connectivity index (χ3n) is 3.36. The van der Waals surface area contributed by atoms with E-state index in [4.69, 9.17) is 9.26 Å². The number of benzene rings is 1. The summed E-state index contributed by atoms with van der Waals surface area (Å²) in [5, 5.41) is 7.39. The van der Waals surface area contributed by atoms with Crippen molar-refractivity contribution in [1.29, 1.82) is 0 Å². The molecular formula is C14H17N3O2. The predicted molar refractivity (Wildman–Crippen MR) is 70.1 cm³/mol. The van der Waals surface area contributed by atoms with Crippen LogP contribution in [0.5, 0.6) is 5.75 Å². The van der Waals surface area contributed by atoms with Crippen molar-refractivity contribution < 1.29 is 9.26 Å². The molecule has 0 bridgehead atoms. The Morgan fingerprint density at radius 2 is 2.21 bits per heavy atom. The Balaban J connectivity index is 1.68. The van der Waals surface area contributed by atoms with Crippen LogP contribution in [0.2, 0.25) is 0 Å². The maximum absolute atomic E-state index is 5.32. The molecule has 1 N–H and O–H groups in total. The third-order valence-corrected chi connectivity index (χ3v) is 3.36. The lowest BCUT2D eigenvalue weighted by Crippen LogP contribution is -2.13. The van der Waals surface area contributed by atoms with Crippen molar-refractivity contribution in [3.8, 4) is 5.75 Å². The Morgan fingerprint density at radius 3 is 2.89 bits per heavy atom. The van der Waals surface area contributed by atoms with Gasteiger partial charge in [-0.2, -0.15) is 4.98 Å². The summed E-state index contributed by atoms with van der Waals surface area (Å²) >= 11 is 0. The number of hydrogen-bond donors (Lipinski definition) is 1. The first-order chi connectivity index (χ1) is 9.35. The highest BCUT2D eigenvalue weighted by molar-refractivity contribution is 5.28. The zero-order chi connectivity index (χ0) is 13.1. The van der Waals surface area contributed by atoms with Crippen LogP contribution in [0.1, 0.15) is 36.2 Å². The van der Waals surface area contributed by atoms with Gasteiger partial charge in [-0.1, -0.05) is 17.3 Å². The smallest absolute Gasteiger partial charge is 0.243 e. The summed E-state index contributed by atoms with van der Waals surface area (Å²) in [4.78, 5) is 4.46. The first-order valence-corrected chi connectivity index (χ1v) is 6.54. The SMILES string of the molecule is COc1ccc(Cc2noc([C@H]3CCCN3)n2)cc1. The molecule has 0 amide bonds. The van der Waals surface area contributed by atoms with Gasteiger partial charge in [0, 0.05) is 6.42 Å². The molecule has 19 heavy (non-hydrogen) atoms. The molecule has 3 rings (SSSR count). The van der Waals surface area contributed by atoms with Crippen LogP contribution in [-0.2, 0) is 6.42 Å². The van der Waals surface area contributed by atoms with Crippen molar-refractivity contribution in [1.82, 2.24) is 15.5 Å². The lowest BCUT2D eigenvalue weighted by Gasteiger charge is -2.02. The number of nitrogens with one attached hydrogen (secondary N) is 1. The molecule has 100 valence electrons. The molecule has 0 unspecified atom stereocenters. The summed E-state index contributed by atoms with van der Waals surface area (Å²) in [6.45, 7) is 1.03. The van der Waals surface area contributed by atoms with Crippen LogP contribution in [0.15, 0.2) is 28.8 Å². The van der Waals surface area contributed by atoms with Gasteiger partial charge in [-0.05, 0) is 37.1 Å². The van der Waals surface area contributed by atoms with Crippen LogP contribution in [0, 0.1) is 0 Å². The van der Waals surface area contributed by atoms with E-state index in [1.54, 1.807) is 7.11 Å². The average Bonchev–Trinajstić information content (AvgIpc) is 3.10. The van der Waals surface area contributed by atoms with Crippen molar-refractivity contribution in [3.05, 3.63) is 41.5 Å². The van der Waals surface area contributed by atoms with Gasteiger partial charge in [0.15, 0.2) is 5.82 Å². The fraction of sp³-hybridized carbons (Fsp3) is 0.429. The molecule has 2 aromatic rings. The van der Waals surface area contributed by atoms with Gasteiger partial charge in [0.05, 0.1) is 13.2 Å². The van der Waals surface area contributed by atoms with Crippen molar-refractivity contribution in [2.24, 2.45) is 0 Å². The molecule has 0 radical (unpaired) electrons. The van der Waals surface area contributed by atoms with Gasteiger partial charge in [0.25, 0.3) is 0 Å². The predicted octanol–water partition coefficient (Wildman–Crippen LogP) is 2.09. The molecule has 0 spiro atoms. The number of aromatic nitrogens is 2. The van der Waals surface area contributed by atoms with E-state index in [1.807, 2.05) is 24.3 Å². The number of rotatable bonds is 4. The zero-order valence-corrected chi connectivity index (χ0v) is 10.9. The minimum atomic E-state index is 0.233. The molecule has 5 heteroatoms. The molecular weight excluding hydrogens is 242 g/mol. The summed E-state index contributed by atoms with van der Waals surface area (Å²) in [6.07, 6.45) is 2.92. The van der Waals surface area contributed by atoms with Crippen molar-refractivity contribution in [2.75, 3.05) is 13.7 Å². The number of ether oxygens (including phenoxy) is 1. The number of hydrogen-bond acceptors (Lipinski definition) is 5. The topological polar surface area (TPSA) is 60.2 Å². The van der Waals surface area contributed by atoms with Crippen molar-refractivity contribution in [2.45, 2.75) is 25.3 Å². The summed E-state index contributed by atoms with van der Waals surface area (Å²) in [5.74, 6) is 2.29. The molecule has 2 heterocycles. The Labute approximate surface area is 112 Å². The second-order valence-corrected chi connectivity index (χ2v) is 4.72. The van der Waals surface area contributed by atoms with Gasteiger partial charge in [0.2, 0.25) is 5.89 Å². The molecule has 0 aliphatic carbocycles. The minimum Gasteiger partial charge on any atom is -0.497 e. The summed E-state index contributed by atoms with van der Waals surface area (Å²) in [5.41, 5.74) is 1.15. The summed E-state index contributed by atoms with van der Waals surface area (Å²) < 4.78 is 10.5. The second-order valence-electron chi connectivity index (χ2n) is 4.72. The van der Waals surface area contributed by atoms with Gasteiger partial charge in [-0.15, -0.1) is 0 Å². The van der Waals surface area contributed by atoms with Crippen LogP contribution >= 0.6 is 0 Å². The van der Waals surface area contributed by atoms with E-state index in [0.717, 1.165) is 30.1 Å². The third kappa shape index (κ3) is 2.76. The van der Waals surface area contributed by atoms with Crippen molar-refractivity contribution >= 4 is 0 Å². The fourth-order valence-electron chi connectivity index (χ4n) is 2.30. The Morgan fingerprint density at radius 1 is 1.37 bits per heavy atom. The fourth-order valence-corrected chi connectivity index (χ4v) is 2.30. The minimum absolute atomic E-state index is 0.233. The highest BCUT2D eigenvalue weighted by Crippen LogP contribution is 2.21. The van der Waals surface area contributed by atoms with Gasteiger partial charge >= 0.3 is 0 Å². The van der Waals surface area contributed by atoms with Crippen LogP contribution < -0.4 is 10.1 Å². The zero-order valence-electron chi connectivity index (χ0n) is 10.9. The summed E-state index contributed by atoms with van der Waals surface area (Å²) in [7, 11) is 1.66. The van der Waals surface area contributed by atoms with E-state index >= 15 is 0 Å². The molecule has 1 aliphatic rings. The van der Waals surface area contributed by atoms with E-state index in [1.165, 1.54) is 6.42 Å². The molecule has 0 saturated carbocycles. The largest absolute Gasteiger partial charge is 0.497 e. The molecule has 1 aromatic heterocycles. The molecule has 1 saturated heterocycles. The Kier molecular flexibility index (Phi) is 3.46. The molecule has 1 atom stereocenters. The van der Waals surface area contributed by atoms with Gasteiger partial charge in [-0.3, -0.25) is 0 Å². The van der Waals surface area contributed by atoms with Crippen LogP contribution in [-0.4, -0.2) is 23.8 Å². The van der Waals surface area contributed by atoms with Crippen LogP contribution in [0.4, 0.5) is 0 Å². The maximum Gasteiger partial charge on any atom is 0.243 e. The van der Waals surface area contributed by atoms with E-state index in [9.17, 15) is 0 Å². The molecule has 1 aromatic carbocycles. The van der Waals surface area contributed by atoms with Gasteiger partial charge in [0.1, 0.15) is 5.75 Å². The van der Waals surface area contributed by atoms with Gasteiger partial charge < -0.3 is 14.6 Å². The van der Waals surface area contributed by atoms with Gasteiger partial charge in [-0.25, -0.2) is 0 Å². The lowest BCUT2D eigenvalue weighted by molar-refractivity contribution is 0.341. The lowest BCUT2D eigenvalue weighted by atomic mass is 10.1. The normalized spacial score (nSPS) is 18.7. The van der Waals surface area contributed by atoms with Crippen molar-refractivity contribution in [3.63, 3.8) is 0 Å². The highest BCUT2D eigenvalue weighted by atomic mass is 16.5. The molecule has 5 nitrogen and oxygen atoms in total. The van der Waals surface area contributed by atoms with E-state index < -0.39 is 0 Å². The molecule has 1 fully saturated rings. The highest BCUT2D eigenvalue weighted by Gasteiger charge is 2.22. The van der Waals surface area contributed by atoms with Crippen LogP contribution in [0.3, 0.4) is 0 Å². The van der Waals surface area contributed by atoms with E-state index in [-0.39, 0.29) is 6.04 Å². The molecule has 1 aliphatic heterocycles. The Hall–Kier alpha value is -1.88. The van der Waals surface area contributed by atoms with Crippen LogP contribution in [0.25, 0.3) is 0 Å². The monoisotopic (exact) mass is 259 g/mol. The quantitative estimate of drug-likeness (QED) is 0.911. The summed E-state index contributed by atoms with van der Waals surface area (Å²) in [6, 6.07) is 8.15. The first kappa shape index (κ1) is 12.2. The maximum atomic E-state index is 5.32. The standard InChI is InChI=1S/C14H17N3O2/c1-18-11-6-4-10(5-7-11)9-13-16-14(19-17-13)12-3-2-8-15-12/h4-7,12,15H,2-3,8-9H2,1H3/t12-/m1/s1. The Bertz CT molecular complexity index is 530.